The molecule has 0 atom stereocenters. The molecule has 19 heavy (non-hydrogen) atoms. The zero-order valence-electron chi connectivity index (χ0n) is 11.5. The van der Waals surface area contributed by atoms with Gasteiger partial charge in [-0.2, -0.15) is 0 Å². The summed E-state index contributed by atoms with van der Waals surface area (Å²) in [6.45, 7) is 5.30. The molecule has 1 aromatic heterocycles. The zero-order valence-corrected chi connectivity index (χ0v) is 11.5. The van der Waals surface area contributed by atoms with Gasteiger partial charge in [-0.15, -0.1) is 0 Å². The van der Waals surface area contributed by atoms with Gasteiger partial charge in [0.15, 0.2) is 17.7 Å². The highest BCUT2D eigenvalue weighted by Gasteiger charge is 2.15. The number of carbonyl (C=O) groups is 1. The highest BCUT2D eigenvalue weighted by Crippen LogP contribution is 2.04. The van der Waals surface area contributed by atoms with Gasteiger partial charge < -0.3 is 24.1 Å². The highest BCUT2D eigenvalue weighted by molar-refractivity contribution is 5.92. The van der Waals surface area contributed by atoms with E-state index in [9.17, 15) is 4.79 Å². The normalized spacial score (nSPS) is 10.9. The van der Waals surface area contributed by atoms with Crippen molar-refractivity contribution in [1.29, 1.82) is 0 Å². The Labute approximate surface area is 112 Å². The summed E-state index contributed by atoms with van der Waals surface area (Å²) in [6, 6.07) is 1.54. The second-order valence-electron chi connectivity index (χ2n) is 3.66. The van der Waals surface area contributed by atoms with E-state index in [2.05, 4.69) is 10.5 Å². The fourth-order valence-electron chi connectivity index (χ4n) is 1.43. The molecule has 0 bridgehead atoms. The van der Waals surface area contributed by atoms with Gasteiger partial charge in [0, 0.05) is 26.4 Å². The fraction of sp³-hybridized carbons (Fsp3) is 0.667. The van der Waals surface area contributed by atoms with Gasteiger partial charge in [0.1, 0.15) is 6.61 Å². The largest absolute Gasteiger partial charge is 0.377 e. The number of carbonyl (C=O) groups excluding carboxylic acids is 1. The van der Waals surface area contributed by atoms with Crippen LogP contribution in [0.3, 0.4) is 0 Å². The number of hydrogen-bond donors (Lipinski definition) is 1. The smallest absolute Gasteiger partial charge is 0.273 e. The number of amides is 1. The van der Waals surface area contributed by atoms with Crippen molar-refractivity contribution in [2.75, 3.05) is 26.9 Å². The molecule has 1 N–H and O–H groups in total. The van der Waals surface area contributed by atoms with Crippen molar-refractivity contribution in [2.24, 2.45) is 0 Å². The maximum absolute atomic E-state index is 11.8. The Kier molecular flexibility index (Phi) is 7.09. The van der Waals surface area contributed by atoms with Crippen LogP contribution >= 0.6 is 0 Å². The first kappa shape index (κ1) is 15.6. The van der Waals surface area contributed by atoms with Crippen LogP contribution in [0.2, 0.25) is 0 Å². The molecule has 7 nitrogen and oxygen atoms in total. The fourth-order valence-corrected chi connectivity index (χ4v) is 1.43. The molecule has 0 spiro atoms. The van der Waals surface area contributed by atoms with Gasteiger partial charge in [0.05, 0.1) is 6.54 Å². The minimum Gasteiger partial charge on any atom is -0.377 e. The Bertz CT molecular complexity index is 374. The summed E-state index contributed by atoms with van der Waals surface area (Å²) in [4.78, 5) is 11.8. The number of aromatic nitrogens is 1. The number of hydrogen-bond acceptors (Lipinski definition) is 6. The Balaban J connectivity index is 2.44. The average Bonchev–Trinajstić information content (AvgIpc) is 2.85. The topological polar surface area (TPSA) is 82.8 Å². The molecule has 0 aliphatic rings. The zero-order chi connectivity index (χ0) is 14.1. The molecule has 7 heteroatoms. The molecular formula is C12H20N2O5. The lowest BCUT2D eigenvalue weighted by molar-refractivity contribution is -0.131. The highest BCUT2D eigenvalue weighted by atomic mass is 16.7. The minimum absolute atomic E-state index is 0.207. The van der Waals surface area contributed by atoms with Crippen LogP contribution in [0.25, 0.3) is 0 Å². The van der Waals surface area contributed by atoms with Gasteiger partial charge in [0.25, 0.3) is 5.91 Å². The molecule has 108 valence electrons. The summed E-state index contributed by atoms with van der Waals surface area (Å²) in [7, 11) is 1.54. The van der Waals surface area contributed by atoms with E-state index < -0.39 is 6.29 Å². The lowest BCUT2D eigenvalue weighted by Gasteiger charge is -2.16. The maximum Gasteiger partial charge on any atom is 0.273 e. The Morgan fingerprint density at radius 1 is 1.42 bits per heavy atom. The van der Waals surface area contributed by atoms with E-state index in [1.165, 1.54) is 13.2 Å². The van der Waals surface area contributed by atoms with Crippen LogP contribution in [-0.2, 0) is 20.8 Å². The second-order valence-corrected chi connectivity index (χ2v) is 3.66. The van der Waals surface area contributed by atoms with E-state index >= 15 is 0 Å². The van der Waals surface area contributed by atoms with Gasteiger partial charge in [-0.25, -0.2) is 0 Å². The SMILES string of the molecule is CCOC(CNC(=O)c1cc(COC)on1)OCC. The number of ether oxygens (including phenoxy) is 3. The predicted octanol–water partition coefficient (Wildman–Crippen LogP) is 0.950. The van der Waals surface area contributed by atoms with Crippen LogP contribution in [0, 0.1) is 0 Å². The molecular weight excluding hydrogens is 252 g/mol. The van der Waals surface area contributed by atoms with E-state index in [0.717, 1.165) is 0 Å². The third kappa shape index (κ3) is 5.37. The first-order valence-corrected chi connectivity index (χ1v) is 6.17. The summed E-state index contributed by atoms with van der Waals surface area (Å²) in [5.74, 6) is 0.161. The first-order chi connectivity index (χ1) is 9.21. The van der Waals surface area contributed by atoms with Crippen LogP contribution in [0.5, 0.6) is 0 Å². The van der Waals surface area contributed by atoms with E-state index in [4.69, 9.17) is 18.7 Å². The monoisotopic (exact) mass is 272 g/mol. The summed E-state index contributed by atoms with van der Waals surface area (Å²) in [6.07, 6.45) is -0.454. The number of nitrogens with one attached hydrogen (secondary N) is 1. The van der Waals surface area contributed by atoms with Gasteiger partial charge in [-0.05, 0) is 13.8 Å². The first-order valence-electron chi connectivity index (χ1n) is 6.17. The number of methoxy groups -OCH3 is 1. The van der Waals surface area contributed by atoms with Gasteiger partial charge in [0.2, 0.25) is 0 Å². The molecule has 0 saturated carbocycles. The minimum atomic E-state index is -0.454. The molecule has 0 saturated heterocycles. The second kappa shape index (κ2) is 8.63. The Hall–Kier alpha value is -1.44. The van der Waals surface area contributed by atoms with Crippen molar-refractivity contribution >= 4 is 5.91 Å². The van der Waals surface area contributed by atoms with E-state index in [0.29, 0.717) is 19.0 Å². The molecule has 0 aliphatic heterocycles. The van der Waals surface area contributed by atoms with E-state index in [1.807, 2.05) is 13.8 Å². The van der Waals surface area contributed by atoms with Crippen molar-refractivity contribution in [3.8, 4) is 0 Å². The van der Waals surface area contributed by atoms with Crippen LogP contribution < -0.4 is 5.32 Å². The quantitative estimate of drug-likeness (QED) is 0.674. The average molecular weight is 272 g/mol. The molecule has 0 aromatic carbocycles. The molecule has 1 aromatic rings. The third-order valence-corrected chi connectivity index (χ3v) is 2.21. The summed E-state index contributed by atoms with van der Waals surface area (Å²) in [5.41, 5.74) is 0.207. The molecule has 1 amide bonds. The molecule has 0 radical (unpaired) electrons. The summed E-state index contributed by atoms with van der Waals surface area (Å²) >= 11 is 0. The van der Waals surface area contributed by atoms with Crippen LogP contribution in [0.15, 0.2) is 10.6 Å². The van der Waals surface area contributed by atoms with Crippen LogP contribution in [-0.4, -0.2) is 44.2 Å². The van der Waals surface area contributed by atoms with Gasteiger partial charge in [-0.1, -0.05) is 5.16 Å². The maximum atomic E-state index is 11.8. The number of nitrogens with zero attached hydrogens (tertiary/aromatic N) is 1. The van der Waals surface area contributed by atoms with Crippen LogP contribution in [0.1, 0.15) is 30.1 Å². The van der Waals surface area contributed by atoms with Gasteiger partial charge >= 0.3 is 0 Å². The lowest BCUT2D eigenvalue weighted by Crippen LogP contribution is -2.35. The standard InChI is InChI=1S/C12H20N2O5/c1-4-17-11(18-5-2)7-13-12(15)10-6-9(8-16-3)19-14-10/h6,11H,4-5,7-8H2,1-3H3,(H,13,15). The molecule has 0 aliphatic carbocycles. The summed E-state index contributed by atoms with van der Waals surface area (Å²) in [5, 5.41) is 6.33. The van der Waals surface area contributed by atoms with Crippen molar-refractivity contribution in [3.63, 3.8) is 0 Å². The van der Waals surface area contributed by atoms with Crippen LogP contribution in [0.4, 0.5) is 0 Å². The van der Waals surface area contributed by atoms with Gasteiger partial charge in [-0.3, -0.25) is 4.79 Å². The molecule has 0 fully saturated rings. The molecule has 0 unspecified atom stereocenters. The van der Waals surface area contributed by atoms with E-state index in [1.54, 1.807) is 0 Å². The predicted molar refractivity (Wildman–Crippen MR) is 66.6 cm³/mol. The lowest BCUT2D eigenvalue weighted by atomic mass is 10.3. The Morgan fingerprint density at radius 2 is 2.11 bits per heavy atom. The molecule has 1 rings (SSSR count). The number of rotatable bonds is 9. The molecule has 1 heterocycles. The van der Waals surface area contributed by atoms with Crippen molar-refractivity contribution in [3.05, 3.63) is 17.5 Å². The van der Waals surface area contributed by atoms with E-state index in [-0.39, 0.29) is 24.8 Å². The van der Waals surface area contributed by atoms with Crippen molar-refractivity contribution in [2.45, 2.75) is 26.7 Å². The summed E-state index contributed by atoms with van der Waals surface area (Å²) < 4.78 is 20.4. The van der Waals surface area contributed by atoms with Crippen molar-refractivity contribution in [1.82, 2.24) is 10.5 Å². The Morgan fingerprint density at radius 3 is 2.68 bits per heavy atom. The third-order valence-electron chi connectivity index (χ3n) is 2.21. The van der Waals surface area contributed by atoms with Crippen molar-refractivity contribution < 1.29 is 23.5 Å².